The maximum absolute atomic E-state index is 5.98. The summed E-state index contributed by atoms with van der Waals surface area (Å²) in [7, 11) is 0. The number of fused-ring (bicyclic) bond motifs is 1. The summed E-state index contributed by atoms with van der Waals surface area (Å²) < 4.78 is 17.7. The zero-order chi connectivity index (χ0) is 15.9. The molecule has 0 aromatic heterocycles. The normalized spacial score (nSPS) is 27.7. The fourth-order valence-corrected chi connectivity index (χ4v) is 3.59. The van der Waals surface area contributed by atoms with Gasteiger partial charge in [0.25, 0.3) is 0 Å². The van der Waals surface area contributed by atoms with E-state index in [0.29, 0.717) is 19.3 Å². The third-order valence-electron chi connectivity index (χ3n) is 4.71. The summed E-state index contributed by atoms with van der Waals surface area (Å²) in [5, 5.41) is 0. The van der Waals surface area contributed by atoms with Gasteiger partial charge in [0, 0.05) is 19.1 Å². The molecule has 1 aliphatic heterocycles. The van der Waals surface area contributed by atoms with Crippen LogP contribution in [0.3, 0.4) is 0 Å². The predicted molar refractivity (Wildman–Crippen MR) is 90.4 cm³/mol. The van der Waals surface area contributed by atoms with Gasteiger partial charge >= 0.3 is 0 Å². The zero-order valence-corrected chi connectivity index (χ0v) is 13.7. The molecule has 1 saturated heterocycles. The molecule has 2 aliphatic rings. The van der Waals surface area contributed by atoms with Gasteiger partial charge in [-0.1, -0.05) is 36.4 Å². The van der Waals surface area contributed by atoms with Crippen LogP contribution >= 0.6 is 0 Å². The zero-order valence-electron chi connectivity index (χ0n) is 13.7. The molecule has 3 atom stereocenters. The van der Waals surface area contributed by atoms with Gasteiger partial charge < -0.3 is 14.2 Å². The SMILES string of the molecule is C=CCO[C@@H]1CC[C@@H]2[C@H]1OCCN2CCOCc1ccccc1. The van der Waals surface area contributed by atoms with E-state index in [4.69, 9.17) is 14.2 Å². The number of ether oxygens (including phenoxy) is 3. The lowest BCUT2D eigenvalue weighted by Gasteiger charge is -2.38. The second-order valence-corrected chi connectivity index (χ2v) is 6.21. The average Bonchev–Trinajstić information content (AvgIpc) is 3.02. The van der Waals surface area contributed by atoms with Gasteiger partial charge in [0.05, 0.1) is 38.6 Å². The highest BCUT2D eigenvalue weighted by atomic mass is 16.5. The van der Waals surface area contributed by atoms with Crippen molar-refractivity contribution in [2.45, 2.75) is 37.7 Å². The number of hydrogen-bond acceptors (Lipinski definition) is 4. The van der Waals surface area contributed by atoms with Crippen molar-refractivity contribution < 1.29 is 14.2 Å². The van der Waals surface area contributed by atoms with Crippen molar-refractivity contribution in [2.75, 3.05) is 32.9 Å². The highest BCUT2D eigenvalue weighted by molar-refractivity contribution is 5.13. The van der Waals surface area contributed by atoms with Crippen LogP contribution in [0.5, 0.6) is 0 Å². The third-order valence-corrected chi connectivity index (χ3v) is 4.71. The molecule has 3 rings (SSSR count). The van der Waals surface area contributed by atoms with E-state index in [9.17, 15) is 0 Å². The summed E-state index contributed by atoms with van der Waals surface area (Å²) in [6.45, 7) is 8.52. The topological polar surface area (TPSA) is 30.9 Å². The predicted octanol–water partition coefficient (Wildman–Crippen LogP) is 2.64. The lowest BCUT2D eigenvalue weighted by molar-refractivity contribution is -0.112. The van der Waals surface area contributed by atoms with Crippen LogP contribution in [0.2, 0.25) is 0 Å². The number of rotatable bonds is 8. The van der Waals surface area contributed by atoms with Gasteiger partial charge in [-0.2, -0.15) is 0 Å². The summed E-state index contributed by atoms with van der Waals surface area (Å²) in [6, 6.07) is 10.8. The maximum atomic E-state index is 5.98. The Balaban J connectivity index is 1.42. The van der Waals surface area contributed by atoms with E-state index in [0.717, 1.165) is 39.1 Å². The Morgan fingerprint density at radius 1 is 1.26 bits per heavy atom. The first kappa shape index (κ1) is 16.7. The Morgan fingerprint density at radius 2 is 2.13 bits per heavy atom. The molecule has 1 heterocycles. The molecule has 0 radical (unpaired) electrons. The Morgan fingerprint density at radius 3 is 2.96 bits per heavy atom. The van der Waals surface area contributed by atoms with Crippen LogP contribution in [-0.4, -0.2) is 56.1 Å². The minimum atomic E-state index is 0.206. The average molecular weight is 317 g/mol. The molecule has 0 spiro atoms. The van der Waals surface area contributed by atoms with Crippen molar-refractivity contribution in [3.63, 3.8) is 0 Å². The van der Waals surface area contributed by atoms with Gasteiger partial charge in [0.2, 0.25) is 0 Å². The molecule has 1 aromatic rings. The van der Waals surface area contributed by atoms with Crippen molar-refractivity contribution in [3.8, 4) is 0 Å². The molecule has 4 heteroatoms. The Hall–Kier alpha value is -1.20. The highest BCUT2D eigenvalue weighted by Gasteiger charge is 2.42. The summed E-state index contributed by atoms with van der Waals surface area (Å²) in [6.07, 6.45) is 4.45. The van der Waals surface area contributed by atoms with Gasteiger partial charge in [0.1, 0.15) is 0 Å². The fraction of sp³-hybridized carbons (Fsp3) is 0.579. The van der Waals surface area contributed by atoms with Crippen molar-refractivity contribution >= 4 is 0 Å². The first-order valence-corrected chi connectivity index (χ1v) is 8.58. The Bertz CT molecular complexity index is 479. The number of hydrogen-bond donors (Lipinski definition) is 0. The standard InChI is InChI=1S/C19H27NO3/c1-2-12-22-18-9-8-17-19(18)23-14-11-20(17)10-13-21-15-16-6-4-3-5-7-16/h2-7,17-19H,1,8-15H2/t17-,18-,19-/m1/s1. The van der Waals surface area contributed by atoms with Crippen LogP contribution in [0.15, 0.2) is 43.0 Å². The van der Waals surface area contributed by atoms with Gasteiger partial charge in [-0.3, -0.25) is 4.90 Å². The molecule has 1 aliphatic carbocycles. The number of benzene rings is 1. The first-order chi connectivity index (χ1) is 11.4. The highest BCUT2D eigenvalue weighted by Crippen LogP contribution is 2.31. The molecule has 0 unspecified atom stereocenters. The van der Waals surface area contributed by atoms with E-state index in [1.165, 1.54) is 5.56 Å². The van der Waals surface area contributed by atoms with Gasteiger partial charge in [-0.15, -0.1) is 6.58 Å². The van der Waals surface area contributed by atoms with E-state index < -0.39 is 0 Å². The molecule has 0 bridgehead atoms. The second-order valence-electron chi connectivity index (χ2n) is 6.21. The summed E-state index contributed by atoms with van der Waals surface area (Å²) in [5.41, 5.74) is 1.23. The molecule has 4 nitrogen and oxygen atoms in total. The van der Waals surface area contributed by atoms with Crippen LogP contribution in [0.25, 0.3) is 0 Å². The lowest BCUT2D eigenvalue weighted by Crippen LogP contribution is -2.52. The van der Waals surface area contributed by atoms with Gasteiger partial charge in [-0.25, -0.2) is 0 Å². The molecule has 23 heavy (non-hydrogen) atoms. The molecule has 0 amide bonds. The van der Waals surface area contributed by atoms with Crippen LogP contribution in [-0.2, 0) is 20.8 Å². The van der Waals surface area contributed by atoms with Crippen LogP contribution in [0.1, 0.15) is 18.4 Å². The molecule has 126 valence electrons. The van der Waals surface area contributed by atoms with Crippen molar-refractivity contribution in [2.24, 2.45) is 0 Å². The molecular formula is C19H27NO3. The van der Waals surface area contributed by atoms with Crippen molar-refractivity contribution in [1.82, 2.24) is 4.90 Å². The Labute approximate surface area is 139 Å². The van der Waals surface area contributed by atoms with E-state index in [1.54, 1.807) is 0 Å². The smallest absolute Gasteiger partial charge is 0.0992 e. The quantitative estimate of drug-likeness (QED) is 0.545. The number of morpholine rings is 1. The molecule has 0 N–H and O–H groups in total. The van der Waals surface area contributed by atoms with E-state index in [-0.39, 0.29) is 12.2 Å². The summed E-state index contributed by atoms with van der Waals surface area (Å²) in [5.74, 6) is 0. The van der Waals surface area contributed by atoms with Crippen LogP contribution in [0.4, 0.5) is 0 Å². The minimum absolute atomic E-state index is 0.206. The van der Waals surface area contributed by atoms with E-state index in [2.05, 4.69) is 23.6 Å². The molecular weight excluding hydrogens is 290 g/mol. The van der Waals surface area contributed by atoms with Crippen molar-refractivity contribution in [3.05, 3.63) is 48.6 Å². The van der Waals surface area contributed by atoms with Gasteiger partial charge in [0.15, 0.2) is 0 Å². The monoisotopic (exact) mass is 317 g/mol. The Kier molecular flexibility index (Phi) is 6.22. The van der Waals surface area contributed by atoms with E-state index >= 15 is 0 Å². The minimum Gasteiger partial charge on any atom is -0.375 e. The maximum Gasteiger partial charge on any atom is 0.0992 e. The first-order valence-electron chi connectivity index (χ1n) is 8.58. The third kappa shape index (κ3) is 4.42. The van der Waals surface area contributed by atoms with Crippen LogP contribution in [0, 0.1) is 0 Å². The van der Waals surface area contributed by atoms with Crippen LogP contribution < -0.4 is 0 Å². The van der Waals surface area contributed by atoms with Gasteiger partial charge in [-0.05, 0) is 18.4 Å². The lowest BCUT2D eigenvalue weighted by atomic mass is 10.1. The second kappa shape index (κ2) is 8.60. The fourth-order valence-electron chi connectivity index (χ4n) is 3.59. The summed E-state index contributed by atoms with van der Waals surface area (Å²) >= 11 is 0. The molecule has 2 fully saturated rings. The summed E-state index contributed by atoms with van der Waals surface area (Å²) in [4.78, 5) is 2.51. The largest absolute Gasteiger partial charge is 0.375 e. The molecule has 1 saturated carbocycles. The van der Waals surface area contributed by atoms with E-state index in [1.807, 2.05) is 24.3 Å². The molecule has 1 aromatic carbocycles. The number of nitrogens with zero attached hydrogens (tertiary/aromatic N) is 1. The van der Waals surface area contributed by atoms with Crippen molar-refractivity contribution in [1.29, 1.82) is 0 Å².